The predicted octanol–water partition coefficient (Wildman–Crippen LogP) is 2.09. The fourth-order valence-corrected chi connectivity index (χ4v) is 6.68. The van der Waals surface area contributed by atoms with Crippen molar-refractivity contribution in [1.82, 2.24) is 19.8 Å². The standard InChI is InChI=1S/C28H33N5O5S.Na.H/c1-32-18-23(17-30-32)33(14-13-29-28(35)38-19-20-7-3-2-4-8-20)39(36,37)31-27(34)16-26-24-11-5-9-21(24)15-22-10-6-12-25(22)26;;/h2-4,7-8,15,17-18H,5-6,9-14,16,19H2,1H3,(H,29,35)(H,31,34);;. The van der Waals surface area contributed by atoms with E-state index < -0.39 is 22.2 Å². The molecule has 0 unspecified atom stereocenters. The Morgan fingerprint density at radius 1 is 1.05 bits per heavy atom. The van der Waals surface area contributed by atoms with Crippen LogP contribution in [0.4, 0.5) is 10.5 Å². The van der Waals surface area contributed by atoms with Gasteiger partial charge < -0.3 is 10.1 Å². The molecular weight excluding hydrogens is 541 g/mol. The van der Waals surface area contributed by atoms with Gasteiger partial charge in [0.1, 0.15) is 6.61 Å². The minimum atomic E-state index is -4.27. The molecule has 208 valence electrons. The monoisotopic (exact) mass is 575 g/mol. The zero-order valence-corrected chi connectivity index (χ0v) is 22.8. The van der Waals surface area contributed by atoms with Gasteiger partial charge in [0.05, 0.1) is 24.8 Å². The summed E-state index contributed by atoms with van der Waals surface area (Å²) in [6.07, 6.45) is 8.26. The van der Waals surface area contributed by atoms with Gasteiger partial charge in [0.25, 0.3) is 0 Å². The van der Waals surface area contributed by atoms with Gasteiger partial charge in [-0.2, -0.15) is 13.5 Å². The molecule has 2 aliphatic rings. The Morgan fingerprint density at radius 2 is 1.73 bits per heavy atom. The van der Waals surface area contributed by atoms with Gasteiger partial charge in [0.15, 0.2) is 0 Å². The first-order valence-corrected chi connectivity index (χ1v) is 14.7. The Bertz CT molecular complexity index is 1440. The van der Waals surface area contributed by atoms with Gasteiger partial charge in [-0.25, -0.2) is 13.8 Å². The number of fused-ring (bicyclic) bond motifs is 2. The number of hydrogen-bond donors (Lipinski definition) is 2. The number of aryl methyl sites for hydroxylation is 3. The fraction of sp³-hybridized carbons (Fsp3) is 0.393. The first-order valence-electron chi connectivity index (χ1n) is 13.2. The van der Waals surface area contributed by atoms with Gasteiger partial charge >= 0.3 is 45.9 Å². The van der Waals surface area contributed by atoms with E-state index in [-0.39, 0.29) is 61.4 Å². The number of carbonyl (C=O) groups excluding carboxylic acids is 2. The van der Waals surface area contributed by atoms with Crippen molar-refractivity contribution in [2.45, 2.75) is 51.6 Å². The van der Waals surface area contributed by atoms with Crippen LogP contribution in [0.3, 0.4) is 0 Å². The van der Waals surface area contributed by atoms with Crippen molar-refractivity contribution < 1.29 is 22.7 Å². The van der Waals surface area contributed by atoms with Crippen LogP contribution in [-0.2, 0) is 65.5 Å². The molecule has 0 spiro atoms. The van der Waals surface area contributed by atoms with Crippen LogP contribution >= 0.6 is 0 Å². The summed E-state index contributed by atoms with van der Waals surface area (Å²) >= 11 is 0. The molecule has 0 bridgehead atoms. The van der Waals surface area contributed by atoms with Crippen LogP contribution < -0.4 is 14.3 Å². The molecule has 2 amide bonds. The second kappa shape index (κ2) is 13.2. The van der Waals surface area contributed by atoms with E-state index in [9.17, 15) is 18.0 Å². The molecule has 2 aromatic carbocycles. The maximum absolute atomic E-state index is 13.4. The third-order valence-corrected chi connectivity index (χ3v) is 8.70. The van der Waals surface area contributed by atoms with E-state index in [1.165, 1.54) is 39.3 Å². The van der Waals surface area contributed by atoms with Crippen LogP contribution in [0, 0.1) is 0 Å². The second-order valence-corrected chi connectivity index (χ2v) is 11.6. The molecule has 3 aromatic rings. The molecular formula is C28H34N5NaO5S. The van der Waals surface area contributed by atoms with Gasteiger partial charge in [0, 0.05) is 19.8 Å². The Labute approximate surface area is 256 Å². The molecule has 2 aliphatic carbocycles. The summed E-state index contributed by atoms with van der Waals surface area (Å²) in [7, 11) is -2.61. The summed E-state index contributed by atoms with van der Waals surface area (Å²) in [5.41, 5.74) is 7.13. The molecule has 1 heterocycles. The fourth-order valence-electron chi connectivity index (χ4n) is 5.50. The Balaban J connectivity index is 0.00000370. The zero-order chi connectivity index (χ0) is 27.4. The van der Waals surface area contributed by atoms with E-state index in [0.717, 1.165) is 54.0 Å². The summed E-state index contributed by atoms with van der Waals surface area (Å²) in [5, 5.41) is 6.64. The van der Waals surface area contributed by atoms with Crippen molar-refractivity contribution in [1.29, 1.82) is 0 Å². The van der Waals surface area contributed by atoms with Crippen LogP contribution in [0.5, 0.6) is 0 Å². The molecule has 0 atom stereocenters. The third kappa shape index (κ3) is 7.06. The van der Waals surface area contributed by atoms with Crippen molar-refractivity contribution in [3.05, 3.63) is 82.2 Å². The molecule has 0 saturated carbocycles. The van der Waals surface area contributed by atoms with Crippen LogP contribution in [0.25, 0.3) is 0 Å². The van der Waals surface area contributed by atoms with Crippen molar-refractivity contribution in [3.63, 3.8) is 0 Å². The van der Waals surface area contributed by atoms with Crippen molar-refractivity contribution in [3.8, 4) is 0 Å². The number of benzene rings is 2. The molecule has 0 aliphatic heterocycles. The van der Waals surface area contributed by atoms with E-state index in [0.29, 0.717) is 0 Å². The summed E-state index contributed by atoms with van der Waals surface area (Å²) in [4.78, 5) is 25.3. The average molecular weight is 576 g/mol. The number of rotatable bonds is 10. The molecule has 0 radical (unpaired) electrons. The van der Waals surface area contributed by atoms with Gasteiger partial charge in [-0.15, -0.1) is 0 Å². The van der Waals surface area contributed by atoms with Crippen molar-refractivity contribution >= 4 is 57.5 Å². The van der Waals surface area contributed by atoms with E-state index in [4.69, 9.17) is 4.74 Å². The number of ether oxygens (including phenoxy) is 1. The summed E-state index contributed by atoms with van der Waals surface area (Å²) in [5.74, 6) is -0.575. The number of alkyl carbamates (subject to hydrolysis) is 1. The van der Waals surface area contributed by atoms with E-state index in [1.54, 1.807) is 7.05 Å². The maximum atomic E-state index is 13.4. The molecule has 2 N–H and O–H groups in total. The van der Waals surface area contributed by atoms with Gasteiger partial charge in [-0.05, 0) is 71.9 Å². The average Bonchev–Trinajstić information content (AvgIpc) is 3.66. The summed E-state index contributed by atoms with van der Waals surface area (Å²) in [6.45, 7) is -0.0531. The van der Waals surface area contributed by atoms with E-state index in [1.807, 2.05) is 30.3 Å². The molecule has 12 heteroatoms. The number of nitrogens with zero attached hydrogens (tertiary/aromatic N) is 3. The summed E-state index contributed by atoms with van der Waals surface area (Å²) < 4.78 is 36.8. The van der Waals surface area contributed by atoms with Gasteiger partial charge in [0.2, 0.25) is 5.91 Å². The molecule has 10 nitrogen and oxygen atoms in total. The van der Waals surface area contributed by atoms with Crippen molar-refractivity contribution in [2.75, 3.05) is 17.4 Å². The van der Waals surface area contributed by atoms with Crippen LogP contribution in [-0.4, -0.2) is 72.8 Å². The zero-order valence-electron chi connectivity index (χ0n) is 22.0. The predicted molar refractivity (Wildman–Crippen MR) is 154 cm³/mol. The number of carbonyl (C=O) groups is 2. The molecule has 0 fully saturated rings. The third-order valence-electron chi connectivity index (χ3n) is 7.24. The topological polar surface area (TPSA) is 123 Å². The quantitative estimate of drug-likeness (QED) is 0.357. The first kappa shape index (κ1) is 30.1. The van der Waals surface area contributed by atoms with Gasteiger partial charge in [-0.1, -0.05) is 36.4 Å². The van der Waals surface area contributed by atoms with Crippen molar-refractivity contribution in [2.24, 2.45) is 7.05 Å². The molecule has 5 rings (SSSR count). The van der Waals surface area contributed by atoms with E-state index >= 15 is 0 Å². The minimum absolute atomic E-state index is 0. The van der Waals surface area contributed by atoms with E-state index in [2.05, 4.69) is 21.2 Å². The normalized spacial score (nSPS) is 13.6. The SMILES string of the molecule is Cn1cc(N(CCNC(=O)OCc2ccccc2)S(=O)(=O)NC(=O)Cc2c3c(cc4c2CCC4)CCC3)cn1.[NaH]. The molecule has 1 aromatic heterocycles. The Kier molecular flexibility index (Phi) is 9.94. The second-order valence-electron chi connectivity index (χ2n) is 9.98. The number of nitrogens with one attached hydrogen (secondary N) is 2. The number of hydrogen-bond acceptors (Lipinski definition) is 6. The number of anilines is 1. The summed E-state index contributed by atoms with van der Waals surface area (Å²) in [6, 6.07) is 11.5. The first-order chi connectivity index (χ1) is 18.8. The Hall–Kier alpha value is -2.86. The van der Waals surface area contributed by atoms with Gasteiger partial charge in [-0.3, -0.25) is 9.48 Å². The number of amides is 2. The number of aromatic nitrogens is 2. The van der Waals surface area contributed by atoms with Crippen LogP contribution in [0.1, 0.15) is 46.2 Å². The van der Waals surface area contributed by atoms with Crippen LogP contribution in [0.2, 0.25) is 0 Å². The van der Waals surface area contributed by atoms with Crippen LogP contribution in [0.15, 0.2) is 48.8 Å². The Morgan fingerprint density at radius 3 is 2.35 bits per heavy atom. The molecule has 0 saturated heterocycles. The molecule has 40 heavy (non-hydrogen) atoms.